The van der Waals surface area contributed by atoms with Crippen LogP contribution in [0.15, 0.2) is 36.5 Å². The molecule has 1 aromatic heterocycles. The van der Waals surface area contributed by atoms with Crippen LogP contribution in [0.4, 0.5) is 0 Å². The van der Waals surface area contributed by atoms with Crippen molar-refractivity contribution in [2.45, 2.75) is 51.4 Å². The summed E-state index contributed by atoms with van der Waals surface area (Å²) in [5.41, 5.74) is 1.63. The monoisotopic (exact) mass is 553 g/mol. The normalized spacial score (nSPS) is 24.4. The lowest BCUT2D eigenvalue weighted by molar-refractivity contribution is -0.141. The lowest BCUT2D eigenvalue weighted by Gasteiger charge is -2.29. The zero-order valence-electron chi connectivity index (χ0n) is 23.0. The van der Waals surface area contributed by atoms with Crippen LogP contribution in [0.1, 0.15) is 37.6 Å². The molecule has 12 nitrogen and oxygen atoms in total. The fraction of sp³-hybridized carbons (Fsp3) is 0.464. The number of carbonyl (C=O) groups is 4. The Balaban J connectivity index is 1.67. The van der Waals surface area contributed by atoms with Gasteiger partial charge in [-0.3, -0.25) is 19.2 Å². The van der Waals surface area contributed by atoms with Gasteiger partial charge >= 0.3 is 0 Å². The number of hydrogen-bond acceptors (Lipinski definition) is 8. The van der Waals surface area contributed by atoms with Gasteiger partial charge in [-0.15, -0.1) is 0 Å². The summed E-state index contributed by atoms with van der Waals surface area (Å²) in [6.45, 7) is 5.22. The van der Waals surface area contributed by atoms with Gasteiger partial charge < -0.3 is 35.4 Å². The van der Waals surface area contributed by atoms with Gasteiger partial charge in [0.1, 0.15) is 30.5 Å². The molecule has 0 spiro atoms. The number of amides is 4. The Hall–Kier alpha value is -4.19. The number of pyridine rings is 1. The number of nitrogens with one attached hydrogen (secondary N) is 3. The summed E-state index contributed by atoms with van der Waals surface area (Å²) in [6.07, 6.45) is 0.858. The van der Waals surface area contributed by atoms with Crippen molar-refractivity contribution in [3.63, 3.8) is 0 Å². The average Bonchev–Trinajstić information content (AvgIpc) is 3.34. The van der Waals surface area contributed by atoms with E-state index in [9.17, 15) is 24.3 Å². The molecule has 2 aliphatic rings. The van der Waals surface area contributed by atoms with Crippen LogP contribution in [0.3, 0.4) is 0 Å². The molecule has 1 fully saturated rings. The third-order valence-electron chi connectivity index (χ3n) is 6.99. The largest absolute Gasteiger partial charge is 0.491 e. The molecule has 0 saturated carbocycles. The van der Waals surface area contributed by atoms with Crippen molar-refractivity contribution in [3.8, 4) is 22.8 Å². The zero-order chi connectivity index (χ0) is 29.0. The van der Waals surface area contributed by atoms with E-state index >= 15 is 0 Å². The third kappa shape index (κ3) is 6.33. The van der Waals surface area contributed by atoms with E-state index in [1.807, 2.05) is 6.07 Å². The minimum atomic E-state index is -0.982. The molecule has 0 aliphatic carbocycles. The van der Waals surface area contributed by atoms with Crippen LogP contribution in [0.2, 0.25) is 0 Å². The number of benzene rings is 1. The Labute approximate surface area is 232 Å². The van der Waals surface area contributed by atoms with Crippen molar-refractivity contribution >= 4 is 23.6 Å². The van der Waals surface area contributed by atoms with E-state index < -0.39 is 47.9 Å². The van der Waals surface area contributed by atoms with E-state index in [4.69, 9.17) is 9.47 Å². The summed E-state index contributed by atoms with van der Waals surface area (Å²) in [5.74, 6) is -1.60. The molecule has 214 valence electrons. The van der Waals surface area contributed by atoms with Crippen molar-refractivity contribution in [3.05, 3.63) is 42.1 Å². The second kappa shape index (κ2) is 12.3. The molecular weight excluding hydrogens is 518 g/mol. The Kier molecular flexibility index (Phi) is 8.88. The van der Waals surface area contributed by atoms with Crippen LogP contribution in [0.25, 0.3) is 11.1 Å². The predicted molar refractivity (Wildman–Crippen MR) is 145 cm³/mol. The Morgan fingerprint density at radius 2 is 1.82 bits per heavy atom. The van der Waals surface area contributed by atoms with E-state index in [2.05, 4.69) is 20.9 Å². The van der Waals surface area contributed by atoms with Gasteiger partial charge in [0.2, 0.25) is 23.6 Å². The maximum Gasteiger partial charge on any atom is 0.255 e. The molecule has 4 N–H and O–H groups in total. The number of hydrogen-bond donors (Lipinski definition) is 4. The molecule has 40 heavy (non-hydrogen) atoms. The number of carbonyl (C=O) groups excluding carboxylic acids is 4. The lowest BCUT2D eigenvalue weighted by Crippen LogP contribution is -2.57. The van der Waals surface area contributed by atoms with Crippen molar-refractivity contribution in [2.24, 2.45) is 5.92 Å². The summed E-state index contributed by atoms with van der Waals surface area (Å²) < 4.78 is 11.0. The number of aliphatic hydroxyl groups excluding tert-OH is 1. The number of nitrogens with zero attached hydrogens (tertiary/aromatic N) is 2. The summed E-state index contributed by atoms with van der Waals surface area (Å²) >= 11 is 0. The molecule has 0 radical (unpaired) electrons. The molecule has 4 amide bonds. The van der Waals surface area contributed by atoms with Crippen molar-refractivity contribution in [2.75, 3.05) is 26.8 Å². The van der Waals surface area contributed by atoms with Gasteiger partial charge in [-0.05, 0) is 36.6 Å². The number of rotatable bonds is 3. The Bertz CT molecular complexity index is 1270. The number of fused-ring (bicyclic) bond motifs is 2. The maximum atomic E-state index is 13.5. The van der Waals surface area contributed by atoms with Crippen LogP contribution in [-0.4, -0.2) is 89.7 Å². The number of aromatic nitrogens is 1. The molecule has 2 aliphatic heterocycles. The number of ether oxygens (including phenoxy) is 2. The van der Waals surface area contributed by atoms with E-state index in [1.165, 1.54) is 18.9 Å². The second-order valence-corrected chi connectivity index (χ2v) is 10.3. The molecule has 4 atom stereocenters. The van der Waals surface area contributed by atoms with Gasteiger partial charge in [-0.2, -0.15) is 0 Å². The third-order valence-corrected chi connectivity index (χ3v) is 6.99. The SMILES string of the molecule is COc1ccc(-c2ccc3c(c2)C(=O)N[C@@H](C(C)C)C(=O)N[C@H](C)C(=O)N2C[C@@H](O)C[C@H]2C(=O)NCCO3)cn1. The molecule has 3 heterocycles. The quantitative estimate of drug-likeness (QED) is 0.427. The van der Waals surface area contributed by atoms with Gasteiger partial charge in [0.05, 0.1) is 25.3 Å². The summed E-state index contributed by atoms with van der Waals surface area (Å²) in [6, 6.07) is 5.78. The molecule has 12 heteroatoms. The molecule has 2 aromatic rings. The van der Waals surface area contributed by atoms with Crippen LogP contribution < -0.4 is 25.4 Å². The first kappa shape index (κ1) is 28.8. The predicted octanol–water partition coefficient (Wildman–Crippen LogP) is 0.487. The minimum Gasteiger partial charge on any atom is -0.491 e. The molecule has 4 rings (SSSR count). The zero-order valence-corrected chi connectivity index (χ0v) is 23.0. The average molecular weight is 554 g/mol. The molecule has 0 bridgehead atoms. The summed E-state index contributed by atoms with van der Waals surface area (Å²) in [7, 11) is 1.52. The smallest absolute Gasteiger partial charge is 0.255 e. The molecule has 1 aromatic carbocycles. The fourth-order valence-electron chi connectivity index (χ4n) is 4.81. The van der Waals surface area contributed by atoms with Crippen molar-refractivity contribution < 1.29 is 33.8 Å². The van der Waals surface area contributed by atoms with Crippen molar-refractivity contribution in [1.29, 1.82) is 0 Å². The number of methoxy groups -OCH3 is 1. The van der Waals surface area contributed by atoms with E-state index in [0.717, 1.165) is 5.56 Å². The molecular formula is C28H35N5O7. The summed E-state index contributed by atoms with van der Waals surface area (Å²) in [4.78, 5) is 58.4. The fourth-order valence-corrected chi connectivity index (χ4v) is 4.81. The first-order valence-corrected chi connectivity index (χ1v) is 13.2. The van der Waals surface area contributed by atoms with E-state index in [-0.39, 0.29) is 43.3 Å². The van der Waals surface area contributed by atoms with E-state index in [0.29, 0.717) is 11.4 Å². The first-order chi connectivity index (χ1) is 19.1. The van der Waals surface area contributed by atoms with Crippen LogP contribution in [-0.2, 0) is 14.4 Å². The maximum absolute atomic E-state index is 13.5. The highest BCUT2D eigenvalue weighted by molar-refractivity contribution is 6.01. The first-order valence-electron chi connectivity index (χ1n) is 13.2. The van der Waals surface area contributed by atoms with Gasteiger partial charge in [0, 0.05) is 30.8 Å². The van der Waals surface area contributed by atoms with Crippen LogP contribution in [0, 0.1) is 5.92 Å². The van der Waals surface area contributed by atoms with Gasteiger partial charge in [0.25, 0.3) is 5.91 Å². The molecule has 1 saturated heterocycles. The van der Waals surface area contributed by atoms with Crippen LogP contribution in [0.5, 0.6) is 11.6 Å². The Morgan fingerprint density at radius 3 is 2.50 bits per heavy atom. The lowest BCUT2D eigenvalue weighted by atomic mass is 10.0. The highest BCUT2D eigenvalue weighted by Gasteiger charge is 2.41. The molecule has 0 unspecified atom stereocenters. The second-order valence-electron chi connectivity index (χ2n) is 10.3. The van der Waals surface area contributed by atoms with Gasteiger partial charge in [-0.25, -0.2) is 4.98 Å². The Morgan fingerprint density at radius 1 is 1.07 bits per heavy atom. The van der Waals surface area contributed by atoms with Gasteiger partial charge in [0.15, 0.2) is 0 Å². The minimum absolute atomic E-state index is 0.0165. The van der Waals surface area contributed by atoms with E-state index in [1.54, 1.807) is 44.3 Å². The van der Waals surface area contributed by atoms with Gasteiger partial charge in [-0.1, -0.05) is 19.9 Å². The van der Waals surface area contributed by atoms with Crippen LogP contribution >= 0.6 is 0 Å². The standard InChI is InChI=1S/C28H35N5O7/c1-15(2)24-27(37)31-16(3)28(38)33-14-19(34)12-21(33)26(36)29-9-10-40-22-7-5-17(11-20(22)25(35)32-24)18-6-8-23(39-4)30-13-18/h5-8,11,13,15-16,19,21,24,34H,9-10,12,14H2,1-4H3,(H,29,36)(H,31,37)(H,32,35)/t16-,19+,21+,24+/m1/s1. The topological polar surface area (TPSA) is 159 Å². The number of aliphatic hydroxyl groups is 1. The van der Waals surface area contributed by atoms with Crippen molar-refractivity contribution in [1.82, 2.24) is 25.8 Å². The highest BCUT2D eigenvalue weighted by atomic mass is 16.5. The highest BCUT2D eigenvalue weighted by Crippen LogP contribution is 2.28. The summed E-state index contributed by atoms with van der Waals surface area (Å²) in [5, 5.41) is 18.4.